The lowest BCUT2D eigenvalue weighted by Gasteiger charge is -2.28. The van der Waals surface area contributed by atoms with Gasteiger partial charge in [0, 0.05) is 6.42 Å². The summed E-state index contributed by atoms with van der Waals surface area (Å²) in [4.78, 5) is 12.6. The molecule has 0 saturated carbocycles. The molecule has 0 unspecified atom stereocenters. The summed E-state index contributed by atoms with van der Waals surface area (Å²) in [6.07, 6.45) is 2.48. The Balaban J connectivity index is 1.35. The van der Waals surface area contributed by atoms with Gasteiger partial charge in [0.25, 0.3) is 0 Å². The fourth-order valence-corrected chi connectivity index (χ4v) is 4.74. The van der Waals surface area contributed by atoms with E-state index in [2.05, 4.69) is 76.3 Å². The number of ether oxygens (including phenoxy) is 1. The molecular formula is C35H40N2O3. The number of hydrogen-bond donors (Lipinski definition) is 2. The third-order valence-electron chi connectivity index (χ3n) is 6.96. The second-order valence-electron chi connectivity index (χ2n) is 12.3. The lowest BCUT2D eigenvalue weighted by atomic mass is 9.78. The molecule has 0 heterocycles. The number of benzene rings is 4. The molecule has 0 bridgehead atoms. The number of aryl methyl sites for hydroxylation is 1. The average Bonchev–Trinajstić information content (AvgIpc) is 2.90. The average molecular weight is 537 g/mol. The number of aromatic hydroxyl groups is 1. The molecule has 0 aliphatic rings. The van der Waals surface area contributed by atoms with Crippen molar-refractivity contribution < 1.29 is 14.6 Å². The number of carbonyl (C=O) groups is 1. The minimum atomic E-state index is -0.209. The van der Waals surface area contributed by atoms with Gasteiger partial charge in [0.15, 0.2) is 0 Å². The molecule has 1 amide bonds. The van der Waals surface area contributed by atoms with Crippen molar-refractivity contribution in [1.82, 2.24) is 5.43 Å². The number of hydrazone groups is 1. The molecule has 0 aliphatic heterocycles. The van der Waals surface area contributed by atoms with Crippen molar-refractivity contribution >= 4 is 22.9 Å². The number of nitrogens with zero attached hydrogens (tertiary/aromatic N) is 1. The Morgan fingerprint density at radius 3 is 2.23 bits per heavy atom. The molecule has 4 aromatic rings. The van der Waals surface area contributed by atoms with E-state index in [9.17, 15) is 9.90 Å². The van der Waals surface area contributed by atoms with Crippen LogP contribution in [0.15, 0.2) is 84.0 Å². The predicted molar refractivity (Wildman–Crippen MR) is 164 cm³/mol. The van der Waals surface area contributed by atoms with Gasteiger partial charge in [-0.15, -0.1) is 0 Å². The van der Waals surface area contributed by atoms with Crippen molar-refractivity contribution in [3.05, 3.63) is 107 Å². The largest absolute Gasteiger partial charge is 0.507 e. The lowest BCUT2D eigenvalue weighted by molar-refractivity contribution is -0.121. The molecule has 5 heteroatoms. The van der Waals surface area contributed by atoms with Gasteiger partial charge in [-0.2, -0.15) is 5.10 Å². The zero-order chi connectivity index (χ0) is 28.9. The minimum absolute atomic E-state index is 0.165. The second kappa shape index (κ2) is 12.0. The van der Waals surface area contributed by atoms with Crippen LogP contribution in [0.3, 0.4) is 0 Å². The van der Waals surface area contributed by atoms with E-state index in [1.54, 1.807) is 6.21 Å². The molecule has 0 fully saturated rings. The third kappa shape index (κ3) is 7.29. The van der Waals surface area contributed by atoms with Gasteiger partial charge in [0.2, 0.25) is 5.91 Å². The van der Waals surface area contributed by atoms with Gasteiger partial charge in [-0.3, -0.25) is 4.79 Å². The summed E-state index contributed by atoms with van der Waals surface area (Å²) in [5.74, 6) is 0.920. The van der Waals surface area contributed by atoms with Crippen LogP contribution in [0.4, 0.5) is 0 Å². The van der Waals surface area contributed by atoms with E-state index in [0.29, 0.717) is 25.2 Å². The summed E-state index contributed by atoms with van der Waals surface area (Å²) in [6.45, 7) is 13.0. The third-order valence-corrected chi connectivity index (χ3v) is 6.96. The van der Waals surface area contributed by atoms with Gasteiger partial charge >= 0.3 is 0 Å². The number of nitrogens with one attached hydrogen (secondary N) is 1. The molecule has 2 N–H and O–H groups in total. The quantitative estimate of drug-likeness (QED) is 0.178. The van der Waals surface area contributed by atoms with Crippen LogP contribution in [0.5, 0.6) is 11.5 Å². The molecule has 4 aromatic carbocycles. The second-order valence-corrected chi connectivity index (χ2v) is 12.3. The van der Waals surface area contributed by atoms with Crippen LogP contribution in [-0.4, -0.2) is 17.2 Å². The maximum absolute atomic E-state index is 12.6. The summed E-state index contributed by atoms with van der Waals surface area (Å²) < 4.78 is 6.06. The monoisotopic (exact) mass is 536 g/mol. The molecule has 4 rings (SSSR count). The van der Waals surface area contributed by atoms with Crippen LogP contribution < -0.4 is 10.2 Å². The maximum Gasteiger partial charge on any atom is 0.240 e. The van der Waals surface area contributed by atoms with Crippen LogP contribution in [0.25, 0.3) is 10.8 Å². The van der Waals surface area contributed by atoms with Crippen molar-refractivity contribution in [3.63, 3.8) is 0 Å². The normalized spacial score (nSPS) is 12.2. The van der Waals surface area contributed by atoms with Crippen molar-refractivity contribution in [2.45, 2.75) is 71.8 Å². The predicted octanol–water partition coefficient (Wildman–Crippen LogP) is 7.80. The first kappa shape index (κ1) is 28.9. The Bertz CT molecular complexity index is 1480. The van der Waals surface area contributed by atoms with Crippen LogP contribution in [0.1, 0.15) is 75.8 Å². The molecule has 0 atom stereocenters. The first-order chi connectivity index (χ1) is 18.9. The molecule has 0 spiro atoms. The van der Waals surface area contributed by atoms with Gasteiger partial charge in [0.1, 0.15) is 18.1 Å². The summed E-state index contributed by atoms with van der Waals surface area (Å²) >= 11 is 0. The zero-order valence-electron chi connectivity index (χ0n) is 24.4. The highest BCUT2D eigenvalue weighted by molar-refractivity contribution is 5.85. The van der Waals surface area contributed by atoms with Gasteiger partial charge in [0.05, 0.1) is 6.21 Å². The first-order valence-corrected chi connectivity index (χ1v) is 13.8. The fourth-order valence-electron chi connectivity index (χ4n) is 4.74. The smallest absolute Gasteiger partial charge is 0.240 e. The highest BCUT2D eigenvalue weighted by Gasteiger charge is 2.26. The fraction of sp³-hybridized carbons (Fsp3) is 0.314. The van der Waals surface area contributed by atoms with E-state index in [0.717, 1.165) is 33.6 Å². The van der Waals surface area contributed by atoms with E-state index in [1.807, 2.05) is 54.6 Å². The Hall–Kier alpha value is -4.12. The SMILES string of the molecule is CC(C)(C)c1cc(CCC(=O)N/N=C\c2cccc(OCc3cccc4ccccc34)c2)cc(C(C)(C)C)c1O. The lowest BCUT2D eigenvalue weighted by Crippen LogP contribution is -2.20. The van der Waals surface area contributed by atoms with Crippen molar-refractivity contribution in [1.29, 1.82) is 0 Å². The number of phenolic OH excluding ortho intramolecular Hbond substituents is 1. The topological polar surface area (TPSA) is 70.9 Å². The molecule has 40 heavy (non-hydrogen) atoms. The molecular weight excluding hydrogens is 496 g/mol. The summed E-state index contributed by atoms with van der Waals surface area (Å²) in [6, 6.07) is 26.2. The minimum Gasteiger partial charge on any atom is -0.507 e. The van der Waals surface area contributed by atoms with Gasteiger partial charge in [-0.05, 0) is 68.0 Å². The van der Waals surface area contributed by atoms with Crippen LogP contribution in [0.2, 0.25) is 0 Å². The number of carbonyl (C=O) groups excluding carboxylic acids is 1. The number of rotatable bonds is 8. The van der Waals surface area contributed by atoms with Crippen LogP contribution in [-0.2, 0) is 28.7 Å². The van der Waals surface area contributed by atoms with Crippen LogP contribution >= 0.6 is 0 Å². The van der Waals surface area contributed by atoms with Crippen molar-refractivity contribution in [2.75, 3.05) is 0 Å². The van der Waals surface area contributed by atoms with E-state index in [4.69, 9.17) is 4.74 Å². The number of phenols is 1. The van der Waals surface area contributed by atoms with Crippen LogP contribution in [0, 0.1) is 0 Å². The van der Waals surface area contributed by atoms with E-state index in [1.165, 1.54) is 10.8 Å². The number of hydrogen-bond acceptors (Lipinski definition) is 4. The standard InChI is InChI=1S/C35H40N2O3/c1-34(2,3)30-20-24(21-31(33(30)39)35(4,5)6)17-18-32(38)37-36-22-25-11-9-15-28(19-25)40-23-27-14-10-13-26-12-7-8-16-29(26)27/h7-16,19-22,39H,17-18,23H2,1-6H3,(H,37,38)/b36-22-. The first-order valence-electron chi connectivity index (χ1n) is 13.8. The van der Waals surface area contributed by atoms with Gasteiger partial charge < -0.3 is 9.84 Å². The molecule has 0 saturated heterocycles. The Labute approximate surface area is 237 Å². The molecule has 5 nitrogen and oxygen atoms in total. The van der Waals surface area contributed by atoms with Gasteiger partial charge in [-0.25, -0.2) is 5.43 Å². The van der Waals surface area contributed by atoms with Gasteiger partial charge in [-0.1, -0.05) is 108 Å². The Morgan fingerprint density at radius 1 is 0.875 bits per heavy atom. The molecule has 0 aliphatic carbocycles. The number of amides is 1. The highest BCUT2D eigenvalue weighted by Crippen LogP contribution is 2.40. The maximum atomic E-state index is 12.6. The summed E-state index contributed by atoms with van der Waals surface area (Å²) in [7, 11) is 0. The Kier molecular flexibility index (Phi) is 8.63. The van der Waals surface area contributed by atoms with Crippen molar-refractivity contribution in [2.24, 2.45) is 5.10 Å². The van der Waals surface area contributed by atoms with E-state index < -0.39 is 0 Å². The van der Waals surface area contributed by atoms with E-state index in [-0.39, 0.29) is 16.7 Å². The molecule has 0 aromatic heterocycles. The Morgan fingerprint density at radius 2 is 1.52 bits per heavy atom. The molecule has 208 valence electrons. The summed E-state index contributed by atoms with van der Waals surface area (Å²) in [5.41, 5.74) is 7.01. The van der Waals surface area contributed by atoms with Crippen molar-refractivity contribution in [3.8, 4) is 11.5 Å². The highest BCUT2D eigenvalue weighted by atomic mass is 16.5. The zero-order valence-corrected chi connectivity index (χ0v) is 24.4. The number of fused-ring (bicyclic) bond motifs is 1. The summed E-state index contributed by atoms with van der Waals surface area (Å²) in [5, 5.41) is 17.5. The van der Waals surface area contributed by atoms with E-state index >= 15 is 0 Å². The molecule has 0 radical (unpaired) electrons.